The van der Waals surface area contributed by atoms with Crippen LogP contribution in [0.5, 0.6) is 0 Å². The van der Waals surface area contributed by atoms with Gasteiger partial charge in [-0.05, 0) is 29.5 Å². The molecular weight excluding hydrogens is 636 g/mol. The van der Waals surface area contributed by atoms with Crippen molar-refractivity contribution in [3.63, 3.8) is 0 Å². The largest absolute Gasteiger partial charge is 0.361 e. The Labute approximate surface area is 278 Å². The van der Waals surface area contributed by atoms with Crippen LogP contribution in [0, 0.1) is 16.7 Å². The third kappa shape index (κ3) is 8.16. The van der Waals surface area contributed by atoms with E-state index in [1.807, 2.05) is 12.3 Å². The molecule has 0 saturated carbocycles. The molecule has 1 saturated heterocycles. The van der Waals surface area contributed by atoms with Crippen LogP contribution in [0.3, 0.4) is 0 Å². The predicted octanol–water partition coefficient (Wildman–Crippen LogP) is 7.05. The summed E-state index contributed by atoms with van der Waals surface area (Å²) in [6, 6.07) is 16.9. The number of nitrogens with one attached hydrogen (secondary N) is 1. The van der Waals surface area contributed by atoms with Gasteiger partial charge >= 0.3 is 0 Å². The van der Waals surface area contributed by atoms with E-state index in [2.05, 4.69) is 79.0 Å². The summed E-state index contributed by atoms with van der Waals surface area (Å²) in [5, 5.41) is 14.4. The number of aromatic nitrogens is 3. The minimum Gasteiger partial charge on any atom is -0.361 e. The van der Waals surface area contributed by atoms with E-state index in [4.69, 9.17) is 21.3 Å². The van der Waals surface area contributed by atoms with Crippen molar-refractivity contribution in [2.75, 3.05) is 31.3 Å². The van der Waals surface area contributed by atoms with E-state index in [0.717, 1.165) is 38.4 Å². The van der Waals surface area contributed by atoms with Crippen LogP contribution in [0.2, 0.25) is 30.7 Å². The second-order valence-electron chi connectivity index (χ2n) is 14.3. The number of piperidine rings is 1. The smallest absolute Gasteiger partial charge is 0.223 e. The molecule has 0 amide bonds. The molecule has 0 unspecified atom stereocenters. The minimum atomic E-state index is -3.77. The number of sulfone groups is 1. The summed E-state index contributed by atoms with van der Waals surface area (Å²) in [6.07, 6.45) is 5.47. The maximum atomic E-state index is 13.1. The van der Waals surface area contributed by atoms with Crippen LogP contribution in [0.4, 0.5) is 5.95 Å². The van der Waals surface area contributed by atoms with Crippen molar-refractivity contribution in [3.05, 3.63) is 71.0 Å². The molecule has 5 rings (SSSR count). The molecule has 3 heterocycles. The molecule has 2 aromatic heterocycles. The normalized spacial score (nSPS) is 17.2. The van der Waals surface area contributed by atoms with Gasteiger partial charge in [-0.3, -0.25) is 4.90 Å². The highest BCUT2D eigenvalue weighted by atomic mass is 35.5. The number of benzene rings is 2. The number of anilines is 1. The van der Waals surface area contributed by atoms with E-state index in [0.29, 0.717) is 39.7 Å². The van der Waals surface area contributed by atoms with Gasteiger partial charge in [0.2, 0.25) is 5.95 Å². The van der Waals surface area contributed by atoms with Gasteiger partial charge in [0.25, 0.3) is 0 Å². The lowest BCUT2D eigenvalue weighted by Crippen LogP contribution is -2.49. The summed E-state index contributed by atoms with van der Waals surface area (Å²) in [7, 11) is -5.10. The molecule has 4 aromatic rings. The first kappa shape index (κ1) is 34.1. The molecule has 12 heteroatoms. The van der Waals surface area contributed by atoms with Crippen LogP contribution in [0.1, 0.15) is 31.4 Å². The predicted molar refractivity (Wildman–Crippen MR) is 187 cm³/mol. The van der Waals surface area contributed by atoms with E-state index in [9.17, 15) is 13.7 Å². The van der Waals surface area contributed by atoms with Crippen LogP contribution in [-0.4, -0.2) is 67.9 Å². The minimum absolute atomic E-state index is 0.0287. The van der Waals surface area contributed by atoms with Crippen LogP contribution in [-0.2, 0) is 27.8 Å². The van der Waals surface area contributed by atoms with E-state index in [1.165, 1.54) is 11.6 Å². The van der Waals surface area contributed by atoms with Crippen LogP contribution in [0.25, 0.3) is 22.2 Å². The summed E-state index contributed by atoms with van der Waals surface area (Å²) >= 11 is 6.74. The van der Waals surface area contributed by atoms with Gasteiger partial charge in [-0.15, -0.1) is 0 Å². The van der Waals surface area contributed by atoms with Crippen LogP contribution in [0.15, 0.2) is 59.8 Å². The van der Waals surface area contributed by atoms with Crippen molar-refractivity contribution >= 4 is 46.4 Å². The summed E-state index contributed by atoms with van der Waals surface area (Å²) in [4.78, 5) is 11.8. The number of rotatable bonds is 11. The van der Waals surface area contributed by atoms with E-state index in [1.54, 1.807) is 16.8 Å². The van der Waals surface area contributed by atoms with Gasteiger partial charge in [0, 0.05) is 63.8 Å². The Bertz CT molecular complexity index is 1870. The van der Waals surface area contributed by atoms with Gasteiger partial charge < -0.3 is 14.6 Å². The first-order chi connectivity index (χ1) is 21.6. The lowest BCUT2D eigenvalue weighted by Gasteiger charge is -2.42. The monoisotopic (exact) mass is 678 g/mol. The SMILES string of the molecule is CC1(C)C[C@H](Nc2ncc(Cl)c(-c3cn(COCC[Si](C)(C)C)c4c(S(C)(=O)=O)c(C#N)ccc34)n2)CN(Cc2ccccc2)C1. The number of nitriles is 1. The lowest BCUT2D eigenvalue weighted by atomic mass is 9.81. The number of hydrogen-bond acceptors (Lipinski definition) is 8. The number of fused-ring (bicyclic) bond motifs is 1. The van der Waals surface area contributed by atoms with Crippen molar-refractivity contribution in [1.29, 1.82) is 5.26 Å². The van der Waals surface area contributed by atoms with Crippen molar-refractivity contribution in [2.45, 2.75) is 70.2 Å². The lowest BCUT2D eigenvalue weighted by molar-refractivity contribution is 0.0900. The van der Waals surface area contributed by atoms with Gasteiger partial charge in [0.15, 0.2) is 9.84 Å². The Hall–Kier alpha value is -3.27. The Morgan fingerprint density at radius 3 is 2.59 bits per heavy atom. The molecule has 0 radical (unpaired) electrons. The third-order valence-corrected chi connectivity index (χ3v) is 11.4. The molecule has 2 aromatic carbocycles. The Morgan fingerprint density at radius 1 is 1.17 bits per heavy atom. The second kappa shape index (κ2) is 13.5. The molecule has 0 bridgehead atoms. The highest BCUT2D eigenvalue weighted by Crippen LogP contribution is 2.38. The molecule has 9 nitrogen and oxygen atoms in total. The molecule has 1 atom stereocenters. The first-order valence-corrected chi connectivity index (χ1v) is 21.5. The topological polar surface area (TPSA) is 113 Å². The maximum absolute atomic E-state index is 13.1. The van der Waals surface area contributed by atoms with Gasteiger partial charge in [-0.25, -0.2) is 18.4 Å². The first-order valence-electron chi connectivity index (χ1n) is 15.5. The van der Waals surface area contributed by atoms with Crippen LogP contribution >= 0.6 is 11.6 Å². The second-order valence-corrected chi connectivity index (χ2v) is 22.3. The average Bonchev–Trinajstić information content (AvgIpc) is 3.32. The number of likely N-dealkylation sites (tertiary alicyclic amines) is 1. The fraction of sp³-hybridized carbons (Fsp3) is 0.441. The fourth-order valence-corrected chi connectivity index (χ4v) is 8.34. The summed E-state index contributed by atoms with van der Waals surface area (Å²) in [6.45, 7) is 14.8. The average molecular weight is 679 g/mol. The zero-order valence-corrected chi connectivity index (χ0v) is 30.0. The highest BCUT2D eigenvalue weighted by Gasteiger charge is 2.33. The Balaban J connectivity index is 1.50. The quantitative estimate of drug-likeness (QED) is 0.133. The standard InChI is InChI=1S/C34H43ClN6O3SSi/c1-34(2)16-26(20-40(22-34)19-24-10-8-7-9-11-24)38-33-37-18-29(35)30(39-33)28-21-41(23-44-14-15-46(4,5)6)31-27(28)13-12-25(17-36)32(31)45(3,42)43/h7-13,18,21,26H,14-16,19-20,22-23H2,1-6H3,(H,37,38,39)/t26-/m0/s1. The molecule has 46 heavy (non-hydrogen) atoms. The molecule has 1 aliphatic rings. The van der Waals surface area contributed by atoms with E-state index >= 15 is 0 Å². The van der Waals surface area contributed by atoms with Crippen molar-refractivity contribution in [2.24, 2.45) is 5.41 Å². The maximum Gasteiger partial charge on any atom is 0.223 e. The van der Waals surface area contributed by atoms with Crippen molar-refractivity contribution in [1.82, 2.24) is 19.4 Å². The highest BCUT2D eigenvalue weighted by molar-refractivity contribution is 7.91. The molecule has 1 fully saturated rings. The van der Waals surface area contributed by atoms with Gasteiger partial charge in [-0.1, -0.05) is 81.5 Å². The molecular formula is C34H43ClN6O3SSi. The van der Waals surface area contributed by atoms with Gasteiger partial charge in [0.05, 0.1) is 28.0 Å². The van der Waals surface area contributed by atoms with Crippen LogP contribution < -0.4 is 5.32 Å². The third-order valence-electron chi connectivity index (χ3n) is 8.22. The number of ether oxygens (including phenoxy) is 1. The molecule has 1 aliphatic heterocycles. The van der Waals surface area contributed by atoms with Crippen molar-refractivity contribution < 1.29 is 13.2 Å². The molecule has 0 aliphatic carbocycles. The van der Waals surface area contributed by atoms with Crippen molar-refractivity contribution in [3.8, 4) is 17.3 Å². The number of halogens is 1. The Morgan fingerprint density at radius 2 is 1.91 bits per heavy atom. The number of nitrogens with zero attached hydrogens (tertiary/aromatic N) is 5. The number of hydrogen-bond donors (Lipinski definition) is 1. The Kier molecular flexibility index (Phi) is 9.96. The zero-order valence-electron chi connectivity index (χ0n) is 27.5. The van der Waals surface area contributed by atoms with Gasteiger partial charge in [0.1, 0.15) is 17.7 Å². The molecule has 244 valence electrons. The van der Waals surface area contributed by atoms with E-state index in [-0.39, 0.29) is 28.6 Å². The van der Waals surface area contributed by atoms with Gasteiger partial charge in [-0.2, -0.15) is 5.26 Å². The summed E-state index contributed by atoms with van der Waals surface area (Å²) in [5.74, 6) is 0.450. The summed E-state index contributed by atoms with van der Waals surface area (Å²) < 4.78 is 33.9. The molecule has 0 spiro atoms. The van der Waals surface area contributed by atoms with E-state index < -0.39 is 17.9 Å². The fourth-order valence-electron chi connectivity index (χ4n) is 6.30. The zero-order chi connectivity index (χ0) is 33.3. The molecule has 1 N–H and O–H groups in total. The summed E-state index contributed by atoms with van der Waals surface area (Å²) in [5.41, 5.74) is 2.97.